The minimum atomic E-state index is -3.17. The van der Waals surface area contributed by atoms with Gasteiger partial charge in [0.25, 0.3) is 0 Å². The molecule has 0 saturated heterocycles. The van der Waals surface area contributed by atoms with Gasteiger partial charge in [-0.15, -0.1) is 0 Å². The Morgan fingerprint density at radius 3 is 2.46 bits per heavy atom. The van der Waals surface area contributed by atoms with Crippen LogP contribution in [0.3, 0.4) is 0 Å². The van der Waals surface area contributed by atoms with Crippen LogP contribution in [0.2, 0.25) is 0 Å². The molecule has 0 bridgehead atoms. The van der Waals surface area contributed by atoms with Crippen molar-refractivity contribution in [2.75, 3.05) is 25.9 Å². The monoisotopic (exact) mass is 347 g/mol. The number of nitrogens with one attached hydrogen (secondary N) is 1. The molecule has 2 rings (SSSR count). The van der Waals surface area contributed by atoms with Crippen molar-refractivity contribution in [3.05, 3.63) is 65.5 Å². The van der Waals surface area contributed by atoms with Gasteiger partial charge < -0.3 is 0 Å². The maximum Gasteiger partial charge on any atom is 0.211 e. The number of likely N-dealkylation sites (N-methyl/N-ethyl adjacent to an activating group) is 1. The van der Waals surface area contributed by atoms with Crippen LogP contribution >= 0.6 is 0 Å². The highest BCUT2D eigenvalue weighted by molar-refractivity contribution is 7.89. The SMILES string of the molecule is CCS(=O)(=O)NCCN(C)C(c1ccc(C)cc1)c1ccccn1. The number of aromatic nitrogens is 1. The largest absolute Gasteiger partial charge is 0.293 e. The van der Waals surface area contributed by atoms with Crippen molar-refractivity contribution in [2.24, 2.45) is 0 Å². The Bertz CT molecular complexity index is 731. The highest BCUT2D eigenvalue weighted by Crippen LogP contribution is 2.26. The Hall–Kier alpha value is -1.76. The molecule has 1 aromatic carbocycles. The Labute approximate surface area is 144 Å². The molecule has 5 nitrogen and oxygen atoms in total. The molecule has 0 aliphatic carbocycles. The maximum absolute atomic E-state index is 11.6. The molecule has 6 heteroatoms. The van der Waals surface area contributed by atoms with E-state index in [-0.39, 0.29) is 11.8 Å². The van der Waals surface area contributed by atoms with E-state index in [2.05, 4.69) is 45.8 Å². The van der Waals surface area contributed by atoms with Gasteiger partial charge in [0.15, 0.2) is 0 Å². The lowest BCUT2D eigenvalue weighted by Gasteiger charge is -2.28. The van der Waals surface area contributed by atoms with E-state index in [4.69, 9.17) is 0 Å². The number of hydrogen-bond donors (Lipinski definition) is 1. The van der Waals surface area contributed by atoms with Crippen molar-refractivity contribution >= 4 is 10.0 Å². The predicted molar refractivity (Wildman–Crippen MR) is 97.4 cm³/mol. The lowest BCUT2D eigenvalue weighted by Crippen LogP contribution is -2.36. The van der Waals surface area contributed by atoms with E-state index in [0.29, 0.717) is 13.1 Å². The number of benzene rings is 1. The molecule has 0 aliphatic rings. The topological polar surface area (TPSA) is 62.3 Å². The number of pyridine rings is 1. The fourth-order valence-corrected chi connectivity index (χ4v) is 3.15. The summed E-state index contributed by atoms with van der Waals surface area (Å²) in [7, 11) is -1.18. The Morgan fingerprint density at radius 2 is 1.88 bits per heavy atom. The van der Waals surface area contributed by atoms with E-state index < -0.39 is 10.0 Å². The summed E-state index contributed by atoms with van der Waals surface area (Å²) in [6.07, 6.45) is 1.78. The van der Waals surface area contributed by atoms with E-state index in [0.717, 1.165) is 11.3 Å². The second kappa shape index (κ2) is 8.37. The third-order valence-electron chi connectivity index (χ3n) is 3.97. The van der Waals surface area contributed by atoms with Crippen LogP contribution in [0, 0.1) is 6.92 Å². The summed E-state index contributed by atoms with van der Waals surface area (Å²) in [6.45, 7) is 4.66. The van der Waals surface area contributed by atoms with Crippen molar-refractivity contribution < 1.29 is 8.42 Å². The highest BCUT2D eigenvalue weighted by atomic mass is 32.2. The van der Waals surface area contributed by atoms with E-state index in [1.54, 1.807) is 13.1 Å². The van der Waals surface area contributed by atoms with Gasteiger partial charge in [-0.05, 0) is 38.6 Å². The first-order valence-corrected chi connectivity index (χ1v) is 9.73. The minimum absolute atomic E-state index is 0.0158. The summed E-state index contributed by atoms with van der Waals surface area (Å²) in [5, 5.41) is 0. The zero-order valence-electron chi connectivity index (χ0n) is 14.4. The van der Waals surface area contributed by atoms with Crippen molar-refractivity contribution in [3.63, 3.8) is 0 Å². The zero-order valence-corrected chi connectivity index (χ0v) is 15.3. The smallest absolute Gasteiger partial charge is 0.211 e. The number of hydrogen-bond acceptors (Lipinski definition) is 4. The molecule has 0 saturated carbocycles. The van der Waals surface area contributed by atoms with Crippen LogP contribution < -0.4 is 4.72 Å². The molecule has 1 aromatic heterocycles. The molecule has 0 fully saturated rings. The van der Waals surface area contributed by atoms with Crippen LogP contribution in [0.1, 0.15) is 29.8 Å². The minimum Gasteiger partial charge on any atom is -0.293 e. The molecule has 130 valence electrons. The maximum atomic E-state index is 11.6. The molecule has 0 radical (unpaired) electrons. The molecule has 1 unspecified atom stereocenters. The molecular weight excluding hydrogens is 322 g/mol. The molecule has 2 aromatic rings. The number of aryl methyl sites for hydroxylation is 1. The van der Waals surface area contributed by atoms with Gasteiger partial charge in [-0.2, -0.15) is 0 Å². The third kappa shape index (κ3) is 5.12. The van der Waals surface area contributed by atoms with E-state index in [1.807, 2.05) is 25.2 Å². The van der Waals surface area contributed by atoms with Crippen LogP contribution in [-0.2, 0) is 10.0 Å². The Kier molecular flexibility index (Phi) is 6.48. The third-order valence-corrected chi connectivity index (χ3v) is 5.37. The summed E-state index contributed by atoms with van der Waals surface area (Å²) in [5.41, 5.74) is 3.29. The fraction of sp³-hybridized carbons (Fsp3) is 0.389. The second-order valence-electron chi connectivity index (χ2n) is 5.85. The zero-order chi connectivity index (χ0) is 17.6. The average Bonchev–Trinajstić information content (AvgIpc) is 2.58. The summed E-state index contributed by atoms with van der Waals surface area (Å²) in [4.78, 5) is 6.61. The summed E-state index contributed by atoms with van der Waals surface area (Å²) in [5.74, 6) is 0.0956. The Balaban J connectivity index is 2.18. The van der Waals surface area contributed by atoms with Gasteiger partial charge >= 0.3 is 0 Å². The molecule has 1 atom stereocenters. The van der Waals surface area contributed by atoms with Gasteiger partial charge in [0, 0.05) is 19.3 Å². The van der Waals surface area contributed by atoms with Crippen LogP contribution in [0.4, 0.5) is 0 Å². The van der Waals surface area contributed by atoms with Gasteiger partial charge in [-0.3, -0.25) is 9.88 Å². The summed E-state index contributed by atoms with van der Waals surface area (Å²) in [6, 6.07) is 14.2. The Morgan fingerprint density at radius 1 is 1.17 bits per heavy atom. The van der Waals surface area contributed by atoms with Crippen molar-refractivity contribution in [1.29, 1.82) is 0 Å². The van der Waals surface area contributed by atoms with Crippen LogP contribution in [0.5, 0.6) is 0 Å². The van der Waals surface area contributed by atoms with Crippen LogP contribution in [0.15, 0.2) is 48.7 Å². The normalized spacial score (nSPS) is 13.2. The summed E-state index contributed by atoms with van der Waals surface area (Å²) >= 11 is 0. The number of rotatable bonds is 8. The number of nitrogens with zero attached hydrogens (tertiary/aromatic N) is 2. The van der Waals surface area contributed by atoms with Crippen LogP contribution in [0.25, 0.3) is 0 Å². The molecular formula is C18H25N3O2S. The fourth-order valence-electron chi connectivity index (χ4n) is 2.55. The van der Waals surface area contributed by atoms with Crippen molar-refractivity contribution in [1.82, 2.24) is 14.6 Å². The molecule has 0 aliphatic heterocycles. The van der Waals surface area contributed by atoms with Gasteiger partial charge in [-0.25, -0.2) is 13.1 Å². The van der Waals surface area contributed by atoms with E-state index in [9.17, 15) is 8.42 Å². The molecule has 24 heavy (non-hydrogen) atoms. The van der Waals surface area contributed by atoms with Crippen molar-refractivity contribution in [3.8, 4) is 0 Å². The van der Waals surface area contributed by atoms with Crippen LogP contribution in [-0.4, -0.2) is 44.2 Å². The molecule has 0 spiro atoms. The first-order valence-electron chi connectivity index (χ1n) is 8.08. The molecule has 1 heterocycles. The lowest BCUT2D eigenvalue weighted by atomic mass is 10.0. The average molecular weight is 347 g/mol. The standard InChI is InChI=1S/C18H25N3O2S/c1-4-24(22,23)20-13-14-21(3)18(17-7-5-6-12-19-17)16-10-8-15(2)9-11-16/h5-12,18,20H,4,13-14H2,1-3H3. The lowest BCUT2D eigenvalue weighted by molar-refractivity contribution is 0.279. The van der Waals surface area contributed by atoms with Gasteiger partial charge in [0.2, 0.25) is 10.0 Å². The van der Waals surface area contributed by atoms with E-state index in [1.165, 1.54) is 5.56 Å². The number of sulfonamides is 1. The van der Waals surface area contributed by atoms with E-state index >= 15 is 0 Å². The summed E-state index contributed by atoms with van der Waals surface area (Å²) < 4.78 is 25.8. The van der Waals surface area contributed by atoms with Gasteiger partial charge in [-0.1, -0.05) is 35.9 Å². The quantitative estimate of drug-likeness (QED) is 0.796. The predicted octanol–water partition coefficient (Wildman–Crippen LogP) is 2.35. The molecule has 0 amide bonds. The van der Waals surface area contributed by atoms with Gasteiger partial charge in [0.1, 0.15) is 0 Å². The first-order chi connectivity index (χ1) is 11.4. The first kappa shape index (κ1) is 18.6. The molecule has 1 N–H and O–H groups in total. The highest BCUT2D eigenvalue weighted by Gasteiger charge is 2.20. The van der Waals surface area contributed by atoms with Gasteiger partial charge in [0.05, 0.1) is 17.5 Å². The van der Waals surface area contributed by atoms with Crippen molar-refractivity contribution in [2.45, 2.75) is 19.9 Å². The second-order valence-corrected chi connectivity index (χ2v) is 7.94.